The predicted octanol–water partition coefficient (Wildman–Crippen LogP) is 2.40. The quantitative estimate of drug-likeness (QED) is 0.820. The molecule has 0 aromatic heterocycles. The van der Waals surface area contributed by atoms with Crippen LogP contribution in [0.2, 0.25) is 0 Å². The average Bonchev–Trinajstić information content (AvgIpc) is 3.22. The smallest absolute Gasteiger partial charge is 0.225 e. The molecule has 1 heterocycles. The van der Waals surface area contributed by atoms with Crippen LogP contribution in [0.5, 0.6) is 0 Å². The molecule has 0 spiro atoms. The first-order valence-electron chi connectivity index (χ1n) is 8.55. The van der Waals surface area contributed by atoms with Gasteiger partial charge in [0.1, 0.15) is 5.82 Å². The van der Waals surface area contributed by atoms with Crippen LogP contribution in [0.4, 0.5) is 4.39 Å². The third-order valence-electron chi connectivity index (χ3n) is 4.58. The van der Waals surface area contributed by atoms with E-state index >= 15 is 0 Å². The second kappa shape index (κ2) is 7.05. The fourth-order valence-electron chi connectivity index (χ4n) is 3.16. The van der Waals surface area contributed by atoms with Gasteiger partial charge in [-0.05, 0) is 56.6 Å². The summed E-state index contributed by atoms with van der Waals surface area (Å²) in [4.78, 5) is 14.7. The molecular formula is C18H24FN3OS. The highest BCUT2D eigenvalue weighted by molar-refractivity contribution is 7.80. The largest absolute Gasteiger partial charge is 0.360 e. The molecule has 4 nitrogen and oxygen atoms in total. The molecule has 2 fully saturated rings. The first kappa shape index (κ1) is 17.1. The van der Waals surface area contributed by atoms with E-state index in [4.69, 9.17) is 12.2 Å². The number of carbonyl (C=O) groups excluding carboxylic acids is 1. The third-order valence-corrected chi connectivity index (χ3v) is 4.95. The molecule has 24 heavy (non-hydrogen) atoms. The van der Waals surface area contributed by atoms with E-state index in [0.29, 0.717) is 24.2 Å². The summed E-state index contributed by atoms with van der Waals surface area (Å²) in [6, 6.07) is 7.05. The van der Waals surface area contributed by atoms with Crippen molar-refractivity contribution in [3.05, 3.63) is 35.6 Å². The van der Waals surface area contributed by atoms with Gasteiger partial charge in [0.05, 0.1) is 5.92 Å². The van der Waals surface area contributed by atoms with E-state index in [1.165, 1.54) is 12.1 Å². The highest BCUT2D eigenvalue weighted by Gasteiger charge is 2.40. The Hall–Kier alpha value is -1.69. The maximum absolute atomic E-state index is 13.2. The monoisotopic (exact) mass is 349 g/mol. The van der Waals surface area contributed by atoms with Crippen LogP contribution in [0.1, 0.15) is 38.2 Å². The normalized spacial score (nSPS) is 23.4. The molecule has 1 saturated heterocycles. The van der Waals surface area contributed by atoms with Gasteiger partial charge in [-0.15, -0.1) is 0 Å². The molecule has 6 heteroatoms. The van der Waals surface area contributed by atoms with Crippen LogP contribution < -0.4 is 10.6 Å². The molecule has 0 bridgehead atoms. The summed E-state index contributed by atoms with van der Waals surface area (Å²) < 4.78 is 13.2. The van der Waals surface area contributed by atoms with E-state index in [1.54, 1.807) is 12.1 Å². The van der Waals surface area contributed by atoms with Crippen molar-refractivity contribution in [3.63, 3.8) is 0 Å². The van der Waals surface area contributed by atoms with Gasteiger partial charge in [0.2, 0.25) is 5.91 Å². The van der Waals surface area contributed by atoms with E-state index in [0.717, 1.165) is 18.4 Å². The molecule has 1 aliphatic carbocycles. The molecule has 1 aliphatic heterocycles. The Bertz CT molecular complexity index is 615. The zero-order chi connectivity index (χ0) is 17.3. The van der Waals surface area contributed by atoms with Gasteiger partial charge in [-0.2, -0.15) is 0 Å². The van der Waals surface area contributed by atoms with Crippen LogP contribution >= 0.6 is 12.2 Å². The highest BCUT2D eigenvalue weighted by Crippen LogP contribution is 2.34. The second-order valence-corrected chi connectivity index (χ2v) is 7.44. The molecule has 3 rings (SSSR count). The van der Waals surface area contributed by atoms with Crippen molar-refractivity contribution in [2.75, 3.05) is 13.1 Å². The average molecular weight is 349 g/mol. The number of carbonyl (C=O) groups is 1. The minimum atomic E-state index is -0.260. The molecule has 130 valence electrons. The van der Waals surface area contributed by atoms with E-state index in [2.05, 4.69) is 15.5 Å². The van der Waals surface area contributed by atoms with Gasteiger partial charge in [-0.25, -0.2) is 4.39 Å². The second-order valence-electron chi connectivity index (χ2n) is 7.06. The van der Waals surface area contributed by atoms with Crippen LogP contribution in [-0.4, -0.2) is 41.1 Å². The first-order chi connectivity index (χ1) is 11.4. The SMILES string of the molecule is CC(C)NC(=S)N1CC(C(=O)NC2CC2)C(c2ccc(F)cc2)C1. The summed E-state index contributed by atoms with van der Waals surface area (Å²) in [7, 11) is 0. The van der Waals surface area contributed by atoms with E-state index in [-0.39, 0.29) is 29.6 Å². The van der Waals surface area contributed by atoms with Crippen LogP contribution in [0, 0.1) is 11.7 Å². The maximum Gasteiger partial charge on any atom is 0.225 e. The predicted molar refractivity (Wildman–Crippen MR) is 96.2 cm³/mol. The lowest BCUT2D eigenvalue weighted by Crippen LogP contribution is -2.42. The zero-order valence-electron chi connectivity index (χ0n) is 14.1. The molecule has 1 amide bonds. The Balaban J connectivity index is 1.77. The molecule has 2 atom stereocenters. The molecular weight excluding hydrogens is 325 g/mol. The molecule has 1 aromatic rings. The van der Waals surface area contributed by atoms with Crippen molar-refractivity contribution < 1.29 is 9.18 Å². The Morgan fingerprint density at radius 3 is 2.50 bits per heavy atom. The summed E-state index contributed by atoms with van der Waals surface area (Å²) in [5.74, 6) is -0.314. The minimum Gasteiger partial charge on any atom is -0.360 e. The van der Waals surface area contributed by atoms with Gasteiger partial charge in [0, 0.05) is 31.1 Å². The number of hydrogen-bond donors (Lipinski definition) is 2. The van der Waals surface area contributed by atoms with E-state index in [9.17, 15) is 9.18 Å². The van der Waals surface area contributed by atoms with Crippen molar-refractivity contribution in [2.45, 2.75) is 44.7 Å². The Morgan fingerprint density at radius 1 is 1.25 bits per heavy atom. The topological polar surface area (TPSA) is 44.4 Å². The number of halogens is 1. The number of hydrogen-bond acceptors (Lipinski definition) is 2. The van der Waals surface area contributed by atoms with Crippen LogP contribution in [0.25, 0.3) is 0 Å². The number of rotatable bonds is 4. The van der Waals surface area contributed by atoms with Gasteiger partial charge in [0.15, 0.2) is 5.11 Å². The van der Waals surface area contributed by atoms with E-state index in [1.807, 2.05) is 13.8 Å². The summed E-state index contributed by atoms with van der Waals surface area (Å²) in [6.45, 7) is 5.35. The van der Waals surface area contributed by atoms with Crippen molar-refractivity contribution in [1.29, 1.82) is 0 Å². The minimum absolute atomic E-state index is 0.0243. The van der Waals surface area contributed by atoms with Crippen LogP contribution in [-0.2, 0) is 4.79 Å². The van der Waals surface area contributed by atoms with Crippen LogP contribution in [0.3, 0.4) is 0 Å². The number of nitrogens with one attached hydrogen (secondary N) is 2. The molecule has 2 N–H and O–H groups in total. The fourth-order valence-corrected chi connectivity index (χ4v) is 3.54. The number of amides is 1. The van der Waals surface area contributed by atoms with Gasteiger partial charge >= 0.3 is 0 Å². The number of likely N-dealkylation sites (tertiary alicyclic amines) is 1. The molecule has 2 aliphatic rings. The highest BCUT2D eigenvalue weighted by atomic mass is 32.1. The number of benzene rings is 1. The van der Waals surface area contributed by atoms with Gasteiger partial charge in [0.25, 0.3) is 0 Å². The van der Waals surface area contributed by atoms with Crippen molar-refractivity contribution in [2.24, 2.45) is 5.92 Å². The lowest BCUT2D eigenvalue weighted by molar-refractivity contribution is -0.125. The standard InChI is InChI=1S/C18H24FN3OS/c1-11(2)20-18(24)22-9-15(12-3-5-13(19)6-4-12)16(10-22)17(23)21-14-7-8-14/h3-6,11,14-16H,7-10H2,1-2H3,(H,20,24)(H,21,23). The molecule has 0 radical (unpaired) electrons. The summed E-state index contributed by atoms with van der Waals surface area (Å²) in [5, 5.41) is 7.03. The van der Waals surface area contributed by atoms with Crippen molar-refractivity contribution in [3.8, 4) is 0 Å². The summed E-state index contributed by atoms with van der Waals surface area (Å²) in [5.41, 5.74) is 0.988. The molecule has 1 aromatic carbocycles. The van der Waals surface area contributed by atoms with Crippen LogP contribution in [0.15, 0.2) is 24.3 Å². The molecule has 2 unspecified atom stereocenters. The van der Waals surface area contributed by atoms with Crippen molar-refractivity contribution in [1.82, 2.24) is 15.5 Å². The Morgan fingerprint density at radius 2 is 1.92 bits per heavy atom. The lowest BCUT2D eigenvalue weighted by Gasteiger charge is -2.22. The van der Waals surface area contributed by atoms with Gasteiger partial charge in [-0.1, -0.05) is 12.1 Å². The number of thiocarbonyl (C=S) groups is 1. The van der Waals surface area contributed by atoms with Gasteiger partial charge in [-0.3, -0.25) is 4.79 Å². The third kappa shape index (κ3) is 4.04. The Kier molecular flexibility index (Phi) is 5.04. The zero-order valence-corrected chi connectivity index (χ0v) is 14.9. The Labute approximate surface area is 147 Å². The maximum atomic E-state index is 13.2. The lowest BCUT2D eigenvalue weighted by atomic mass is 9.88. The number of nitrogens with zero attached hydrogens (tertiary/aromatic N) is 1. The van der Waals surface area contributed by atoms with Crippen molar-refractivity contribution >= 4 is 23.2 Å². The summed E-state index contributed by atoms with van der Waals surface area (Å²) in [6.07, 6.45) is 2.13. The molecule has 1 saturated carbocycles. The summed E-state index contributed by atoms with van der Waals surface area (Å²) >= 11 is 5.48. The first-order valence-corrected chi connectivity index (χ1v) is 8.96. The van der Waals surface area contributed by atoms with Gasteiger partial charge < -0.3 is 15.5 Å². The van der Waals surface area contributed by atoms with E-state index < -0.39 is 0 Å². The fraction of sp³-hybridized carbons (Fsp3) is 0.556.